The molecule has 18 heavy (non-hydrogen) atoms. The standard InChI is InChI=1S/C12H14N4O2/c1-8-3-4-10(5-11(8)17)15-12(18)9(2)16-7-13-6-14-16/h3-7,9,17H,1-2H3,(H,15,18). The first-order valence-electron chi connectivity index (χ1n) is 5.52. The van der Waals surface area contributed by atoms with Crippen molar-refractivity contribution in [3.8, 4) is 5.75 Å². The van der Waals surface area contributed by atoms with E-state index in [4.69, 9.17) is 0 Å². The third kappa shape index (κ3) is 2.48. The number of nitrogens with one attached hydrogen (secondary N) is 1. The number of anilines is 1. The average Bonchev–Trinajstić information content (AvgIpc) is 2.86. The molecule has 1 heterocycles. The van der Waals surface area contributed by atoms with Crippen molar-refractivity contribution >= 4 is 11.6 Å². The first-order valence-corrected chi connectivity index (χ1v) is 5.52. The zero-order chi connectivity index (χ0) is 13.1. The van der Waals surface area contributed by atoms with Gasteiger partial charge in [0.15, 0.2) is 0 Å². The van der Waals surface area contributed by atoms with Gasteiger partial charge in [-0.2, -0.15) is 5.10 Å². The highest BCUT2D eigenvalue weighted by atomic mass is 16.3. The fraction of sp³-hybridized carbons (Fsp3) is 0.250. The van der Waals surface area contributed by atoms with Gasteiger partial charge in [0.05, 0.1) is 0 Å². The molecule has 0 aliphatic rings. The topological polar surface area (TPSA) is 80.0 Å². The lowest BCUT2D eigenvalue weighted by atomic mass is 10.2. The van der Waals surface area contributed by atoms with Crippen LogP contribution in [0.15, 0.2) is 30.9 Å². The summed E-state index contributed by atoms with van der Waals surface area (Å²) in [4.78, 5) is 15.7. The molecule has 1 unspecified atom stereocenters. The number of aryl methyl sites for hydroxylation is 1. The van der Waals surface area contributed by atoms with Gasteiger partial charge in [-0.15, -0.1) is 0 Å². The Morgan fingerprint density at radius 3 is 2.89 bits per heavy atom. The fourth-order valence-electron chi connectivity index (χ4n) is 1.47. The van der Waals surface area contributed by atoms with Gasteiger partial charge in [0.1, 0.15) is 24.4 Å². The minimum Gasteiger partial charge on any atom is -0.508 e. The average molecular weight is 246 g/mol. The van der Waals surface area contributed by atoms with Crippen LogP contribution in [0.5, 0.6) is 5.75 Å². The number of aromatic hydroxyl groups is 1. The number of rotatable bonds is 3. The van der Waals surface area contributed by atoms with Gasteiger partial charge in [-0.3, -0.25) is 4.79 Å². The lowest BCUT2D eigenvalue weighted by Crippen LogP contribution is -2.24. The van der Waals surface area contributed by atoms with E-state index in [2.05, 4.69) is 15.4 Å². The lowest BCUT2D eigenvalue weighted by molar-refractivity contribution is -0.119. The van der Waals surface area contributed by atoms with E-state index in [0.717, 1.165) is 5.56 Å². The number of carbonyl (C=O) groups is 1. The molecule has 6 heteroatoms. The summed E-state index contributed by atoms with van der Waals surface area (Å²) in [7, 11) is 0. The number of amides is 1. The largest absolute Gasteiger partial charge is 0.508 e. The van der Waals surface area contributed by atoms with Gasteiger partial charge in [-0.05, 0) is 25.5 Å². The number of phenols is 1. The van der Waals surface area contributed by atoms with Crippen molar-refractivity contribution in [1.82, 2.24) is 14.8 Å². The normalized spacial score (nSPS) is 12.1. The molecule has 0 fully saturated rings. The van der Waals surface area contributed by atoms with Crippen LogP contribution in [0.1, 0.15) is 18.5 Å². The summed E-state index contributed by atoms with van der Waals surface area (Å²) in [6, 6.07) is 4.53. The highest BCUT2D eigenvalue weighted by Crippen LogP contribution is 2.21. The second-order valence-corrected chi connectivity index (χ2v) is 4.04. The van der Waals surface area contributed by atoms with Gasteiger partial charge in [0, 0.05) is 11.8 Å². The summed E-state index contributed by atoms with van der Waals surface area (Å²) < 4.78 is 1.46. The van der Waals surface area contributed by atoms with Crippen LogP contribution in [0, 0.1) is 6.92 Å². The lowest BCUT2D eigenvalue weighted by Gasteiger charge is -2.12. The molecule has 0 radical (unpaired) electrons. The number of carbonyl (C=O) groups excluding carboxylic acids is 1. The second-order valence-electron chi connectivity index (χ2n) is 4.04. The Morgan fingerprint density at radius 1 is 1.50 bits per heavy atom. The smallest absolute Gasteiger partial charge is 0.249 e. The van der Waals surface area contributed by atoms with Crippen LogP contribution in [-0.4, -0.2) is 25.8 Å². The zero-order valence-electron chi connectivity index (χ0n) is 10.2. The Kier molecular flexibility index (Phi) is 3.27. The quantitative estimate of drug-likeness (QED) is 0.859. The van der Waals surface area contributed by atoms with Gasteiger partial charge in [0.25, 0.3) is 0 Å². The number of aromatic nitrogens is 3. The molecule has 2 N–H and O–H groups in total. The van der Waals surface area contributed by atoms with Crippen LogP contribution in [0.3, 0.4) is 0 Å². The zero-order valence-corrected chi connectivity index (χ0v) is 10.2. The van der Waals surface area contributed by atoms with Crippen molar-refractivity contribution in [2.75, 3.05) is 5.32 Å². The number of hydrogen-bond donors (Lipinski definition) is 2. The number of benzene rings is 1. The predicted octanol–water partition coefficient (Wildman–Crippen LogP) is 1.49. The van der Waals surface area contributed by atoms with E-state index >= 15 is 0 Å². The maximum Gasteiger partial charge on any atom is 0.249 e. The highest BCUT2D eigenvalue weighted by Gasteiger charge is 2.15. The van der Waals surface area contributed by atoms with E-state index in [1.807, 2.05) is 0 Å². The predicted molar refractivity (Wildman–Crippen MR) is 66.2 cm³/mol. The van der Waals surface area contributed by atoms with Crippen molar-refractivity contribution < 1.29 is 9.90 Å². The molecule has 1 aromatic heterocycles. The molecule has 0 aliphatic heterocycles. The SMILES string of the molecule is Cc1ccc(NC(=O)C(C)n2cncn2)cc1O. The Bertz CT molecular complexity index is 551. The first kappa shape index (κ1) is 12.1. The second kappa shape index (κ2) is 4.87. The summed E-state index contributed by atoms with van der Waals surface area (Å²) in [5.74, 6) is -0.0649. The minimum atomic E-state index is -0.462. The molecular weight excluding hydrogens is 232 g/mol. The Morgan fingerprint density at radius 2 is 2.28 bits per heavy atom. The summed E-state index contributed by atoms with van der Waals surface area (Å²) in [5, 5.41) is 16.2. The molecule has 0 bridgehead atoms. The maximum absolute atomic E-state index is 11.9. The fourth-order valence-corrected chi connectivity index (χ4v) is 1.47. The van der Waals surface area contributed by atoms with Gasteiger partial charge >= 0.3 is 0 Å². The molecule has 6 nitrogen and oxygen atoms in total. The van der Waals surface area contributed by atoms with Crippen molar-refractivity contribution in [1.29, 1.82) is 0 Å². The van der Waals surface area contributed by atoms with Gasteiger partial charge < -0.3 is 10.4 Å². The summed E-state index contributed by atoms with van der Waals surface area (Å²) in [5.41, 5.74) is 1.31. The highest BCUT2D eigenvalue weighted by molar-refractivity contribution is 5.93. The van der Waals surface area contributed by atoms with E-state index in [9.17, 15) is 9.90 Å². The van der Waals surface area contributed by atoms with E-state index < -0.39 is 6.04 Å². The molecule has 0 aliphatic carbocycles. The molecule has 2 aromatic rings. The third-order valence-corrected chi connectivity index (χ3v) is 2.69. The molecule has 0 saturated heterocycles. The molecule has 2 rings (SSSR count). The van der Waals surface area contributed by atoms with Crippen molar-refractivity contribution in [3.63, 3.8) is 0 Å². The van der Waals surface area contributed by atoms with E-state index in [1.165, 1.54) is 23.4 Å². The number of hydrogen-bond acceptors (Lipinski definition) is 4. The van der Waals surface area contributed by atoms with Crippen molar-refractivity contribution in [2.45, 2.75) is 19.9 Å². The number of nitrogens with zero attached hydrogens (tertiary/aromatic N) is 3. The van der Waals surface area contributed by atoms with E-state index in [-0.39, 0.29) is 11.7 Å². The summed E-state index contributed by atoms with van der Waals surface area (Å²) in [6.45, 7) is 3.51. The Balaban J connectivity index is 2.09. The monoisotopic (exact) mass is 246 g/mol. The van der Waals surface area contributed by atoms with E-state index in [1.54, 1.807) is 26.0 Å². The molecule has 1 aromatic carbocycles. The Hall–Kier alpha value is -2.37. The third-order valence-electron chi connectivity index (χ3n) is 2.69. The van der Waals surface area contributed by atoms with Crippen molar-refractivity contribution in [3.05, 3.63) is 36.4 Å². The maximum atomic E-state index is 11.9. The summed E-state index contributed by atoms with van der Waals surface area (Å²) in [6.07, 6.45) is 2.86. The van der Waals surface area contributed by atoms with Crippen LogP contribution >= 0.6 is 0 Å². The molecule has 1 amide bonds. The van der Waals surface area contributed by atoms with Crippen LogP contribution in [0.4, 0.5) is 5.69 Å². The molecule has 0 saturated carbocycles. The van der Waals surface area contributed by atoms with Crippen LogP contribution < -0.4 is 5.32 Å². The van der Waals surface area contributed by atoms with Gasteiger partial charge in [-0.25, -0.2) is 9.67 Å². The molecular formula is C12H14N4O2. The van der Waals surface area contributed by atoms with Crippen LogP contribution in [0.2, 0.25) is 0 Å². The molecule has 0 spiro atoms. The van der Waals surface area contributed by atoms with Crippen LogP contribution in [-0.2, 0) is 4.79 Å². The molecule has 1 atom stereocenters. The van der Waals surface area contributed by atoms with Crippen molar-refractivity contribution in [2.24, 2.45) is 0 Å². The molecule has 94 valence electrons. The van der Waals surface area contributed by atoms with Gasteiger partial charge in [0.2, 0.25) is 5.91 Å². The summed E-state index contributed by atoms with van der Waals surface area (Å²) >= 11 is 0. The number of phenolic OH excluding ortho intramolecular Hbond substituents is 1. The Labute approximate surface area is 104 Å². The van der Waals surface area contributed by atoms with E-state index in [0.29, 0.717) is 5.69 Å². The van der Waals surface area contributed by atoms with Gasteiger partial charge in [-0.1, -0.05) is 6.07 Å². The first-order chi connectivity index (χ1) is 8.58. The van der Waals surface area contributed by atoms with Crippen LogP contribution in [0.25, 0.3) is 0 Å². The minimum absolute atomic E-state index is 0.154.